The number of nitrogens with zero attached hydrogens (tertiary/aromatic N) is 1. The van der Waals surface area contributed by atoms with Gasteiger partial charge in [-0.2, -0.15) is 0 Å². The number of benzene rings is 3. The van der Waals surface area contributed by atoms with Gasteiger partial charge < -0.3 is 14.6 Å². The van der Waals surface area contributed by atoms with Crippen LogP contribution in [0.4, 0.5) is 10.1 Å². The summed E-state index contributed by atoms with van der Waals surface area (Å²) in [7, 11) is 0. The molecule has 4 rings (SSSR count). The average molecular weight is 440 g/mol. The number of terminal acetylenes is 1. The summed E-state index contributed by atoms with van der Waals surface area (Å²) in [4.78, 5) is 24.5. The summed E-state index contributed by atoms with van der Waals surface area (Å²) in [6.45, 7) is 5.28. The van der Waals surface area contributed by atoms with E-state index in [1.165, 1.54) is 12.1 Å². The quantitative estimate of drug-likeness (QED) is 0.431. The molecule has 0 spiro atoms. The first-order chi connectivity index (χ1) is 15.8. The van der Waals surface area contributed by atoms with E-state index >= 15 is 0 Å². The van der Waals surface area contributed by atoms with Crippen LogP contribution in [0.2, 0.25) is 0 Å². The Bertz CT molecular complexity index is 1490. The molecule has 5 nitrogen and oxygen atoms in total. The molecule has 1 N–H and O–H groups in total. The van der Waals surface area contributed by atoms with Crippen LogP contribution >= 0.6 is 0 Å². The third kappa shape index (κ3) is 4.21. The molecule has 0 saturated carbocycles. The van der Waals surface area contributed by atoms with Crippen LogP contribution in [-0.2, 0) is 4.79 Å². The molecule has 0 aliphatic rings. The van der Waals surface area contributed by atoms with Crippen LogP contribution < -0.4 is 15.5 Å². The van der Waals surface area contributed by atoms with Crippen molar-refractivity contribution in [3.05, 3.63) is 93.5 Å². The van der Waals surface area contributed by atoms with E-state index in [9.17, 15) is 14.0 Å². The zero-order valence-electron chi connectivity index (χ0n) is 18.4. The fourth-order valence-corrected chi connectivity index (χ4v) is 3.81. The number of nitrogens with one attached hydrogen (secondary N) is 1. The minimum atomic E-state index is -0.583. The van der Waals surface area contributed by atoms with Crippen molar-refractivity contribution in [3.63, 3.8) is 0 Å². The van der Waals surface area contributed by atoms with Gasteiger partial charge in [-0.15, -0.1) is 6.42 Å². The Morgan fingerprint density at radius 1 is 1.03 bits per heavy atom. The lowest BCUT2D eigenvalue weighted by atomic mass is 10.1. The second-order valence-electron chi connectivity index (χ2n) is 7.78. The largest absolute Gasteiger partial charge is 0.455 e. The lowest BCUT2D eigenvalue weighted by molar-refractivity contribution is -0.111. The Labute approximate surface area is 190 Å². The van der Waals surface area contributed by atoms with E-state index in [2.05, 4.69) is 5.32 Å². The van der Waals surface area contributed by atoms with Crippen LogP contribution in [0.3, 0.4) is 0 Å². The highest BCUT2D eigenvalue weighted by atomic mass is 19.1. The number of amides is 1. The molecule has 0 radical (unpaired) electrons. The minimum Gasteiger partial charge on any atom is -0.455 e. The normalized spacial score (nSPS) is 10.6. The molecule has 4 aromatic rings. The van der Waals surface area contributed by atoms with Gasteiger partial charge in [0.25, 0.3) is 5.91 Å². The van der Waals surface area contributed by atoms with Crippen LogP contribution in [-0.4, -0.2) is 10.5 Å². The maximum absolute atomic E-state index is 13.8. The third-order valence-corrected chi connectivity index (χ3v) is 5.33. The van der Waals surface area contributed by atoms with E-state index in [-0.39, 0.29) is 11.2 Å². The standard InChI is InChI=1S/C27H21FN2O3/c1-5-25(31)29-20-10-11-24(33-27-16(2)12-19(28)13-17(27)3)23(14-20)30-15-18(4)26(32)21-8-6-7-9-22(21)30/h1,6-15H,2-4H3,(H,29,31). The number of halogens is 1. The van der Waals surface area contributed by atoms with Gasteiger partial charge in [-0.05, 0) is 80.3 Å². The van der Waals surface area contributed by atoms with Crippen LogP contribution in [0.5, 0.6) is 11.5 Å². The van der Waals surface area contributed by atoms with E-state index in [0.717, 1.165) is 0 Å². The van der Waals surface area contributed by atoms with Gasteiger partial charge in [0.1, 0.15) is 11.6 Å². The maximum Gasteiger partial charge on any atom is 0.300 e. The van der Waals surface area contributed by atoms with Gasteiger partial charge in [0.2, 0.25) is 0 Å². The lowest BCUT2D eigenvalue weighted by Gasteiger charge is -2.19. The predicted octanol–water partition coefficient (Wildman–Crippen LogP) is 5.42. The van der Waals surface area contributed by atoms with Crippen molar-refractivity contribution >= 4 is 22.5 Å². The van der Waals surface area contributed by atoms with Crippen LogP contribution in [0, 0.1) is 38.9 Å². The number of aryl methyl sites for hydroxylation is 3. The molecule has 6 heteroatoms. The Kier molecular flexibility index (Phi) is 5.72. The monoisotopic (exact) mass is 440 g/mol. The average Bonchev–Trinajstić information content (AvgIpc) is 2.79. The molecule has 0 atom stereocenters. The lowest BCUT2D eigenvalue weighted by Crippen LogP contribution is -2.13. The molecule has 0 aliphatic carbocycles. The first-order valence-corrected chi connectivity index (χ1v) is 10.3. The summed E-state index contributed by atoms with van der Waals surface area (Å²) in [5.41, 5.74) is 3.48. The number of carbonyl (C=O) groups excluding carboxylic acids is 1. The summed E-state index contributed by atoms with van der Waals surface area (Å²) in [5, 5.41) is 3.19. The Hall–Kier alpha value is -4.37. The van der Waals surface area contributed by atoms with Crippen molar-refractivity contribution in [2.75, 3.05) is 5.32 Å². The highest BCUT2D eigenvalue weighted by molar-refractivity contribution is 6.03. The second-order valence-corrected chi connectivity index (χ2v) is 7.78. The topological polar surface area (TPSA) is 60.3 Å². The van der Waals surface area contributed by atoms with Crippen molar-refractivity contribution in [2.45, 2.75) is 20.8 Å². The van der Waals surface area contributed by atoms with Gasteiger partial charge in [0.05, 0.1) is 11.2 Å². The SMILES string of the molecule is C#CC(=O)Nc1ccc(Oc2c(C)cc(F)cc2C)c(-n2cc(C)c(=O)c3ccccc32)c1. The molecule has 164 valence electrons. The smallest absolute Gasteiger partial charge is 0.300 e. The van der Waals surface area contributed by atoms with Crippen molar-refractivity contribution in [2.24, 2.45) is 0 Å². The van der Waals surface area contributed by atoms with Crippen molar-refractivity contribution < 1.29 is 13.9 Å². The summed E-state index contributed by atoms with van der Waals surface area (Å²) in [5.74, 6) is 2.09. The van der Waals surface area contributed by atoms with Gasteiger partial charge in [-0.1, -0.05) is 12.1 Å². The molecule has 3 aromatic carbocycles. The van der Waals surface area contributed by atoms with Gasteiger partial charge in [-0.3, -0.25) is 9.59 Å². The summed E-state index contributed by atoms with van der Waals surface area (Å²) >= 11 is 0. The third-order valence-electron chi connectivity index (χ3n) is 5.33. The zero-order valence-corrected chi connectivity index (χ0v) is 18.4. The van der Waals surface area contributed by atoms with Gasteiger partial charge in [0.15, 0.2) is 11.2 Å². The summed E-state index contributed by atoms with van der Waals surface area (Å²) in [6, 6.07) is 15.1. The first-order valence-electron chi connectivity index (χ1n) is 10.3. The van der Waals surface area contributed by atoms with Crippen molar-refractivity contribution in [3.8, 4) is 29.5 Å². The van der Waals surface area contributed by atoms with E-state index < -0.39 is 5.91 Å². The van der Waals surface area contributed by atoms with Gasteiger partial charge in [0, 0.05) is 22.8 Å². The molecule has 0 bridgehead atoms. The highest BCUT2D eigenvalue weighted by Crippen LogP contribution is 2.35. The summed E-state index contributed by atoms with van der Waals surface area (Å²) < 4.78 is 21.9. The van der Waals surface area contributed by atoms with Crippen molar-refractivity contribution in [1.29, 1.82) is 0 Å². The zero-order chi connectivity index (χ0) is 23.7. The Balaban J connectivity index is 1.97. The number of para-hydroxylation sites is 1. The van der Waals surface area contributed by atoms with Crippen LogP contribution in [0.15, 0.2) is 65.6 Å². The van der Waals surface area contributed by atoms with E-state index in [4.69, 9.17) is 11.2 Å². The molecular weight excluding hydrogens is 419 g/mol. The maximum atomic E-state index is 13.8. The number of aromatic nitrogens is 1. The molecule has 0 fully saturated rings. The number of ether oxygens (including phenoxy) is 1. The first kappa shape index (κ1) is 21.8. The van der Waals surface area contributed by atoms with E-state index in [1.807, 2.05) is 22.6 Å². The number of rotatable bonds is 4. The molecule has 0 aliphatic heterocycles. The number of anilines is 1. The fraction of sp³-hybridized carbons (Fsp3) is 0.111. The van der Waals surface area contributed by atoms with Gasteiger partial charge in [-0.25, -0.2) is 4.39 Å². The van der Waals surface area contributed by atoms with E-state index in [0.29, 0.717) is 50.5 Å². The number of carbonyl (C=O) groups is 1. The molecule has 1 aromatic heterocycles. The number of hydrogen-bond acceptors (Lipinski definition) is 3. The molecular formula is C27H21FN2O3. The molecule has 0 saturated heterocycles. The Morgan fingerprint density at radius 3 is 2.42 bits per heavy atom. The number of pyridine rings is 1. The predicted molar refractivity (Wildman–Crippen MR) is 128 cm³/mol. The molecule has 1 heterocycles. The van der Waals surface area contributed by atoms with Crippen LogP contribution in [0.1, 0.15) is 16.7 Å². The van der Waals surface area contributed by atoms with E-state index in [1.54, 1.807) is 57.3 Å². The highest BCUT2D eigenvalue weighted by Gasteiger charge is 2.16. The van der Waals surface area contributed by atoms with Gasteiger partial charge >= 0.3 is 0 Å². The summed E-state index contributed by atoms with van der Waals surface area (Å²) in [6.07, 6.45) is 6.93. The van der Waals surface area contributed by atoms with Crippen LogP contribution in [0.25, 0.3) is 16.6 Å². The minimum absolute atomic E-state index is 0.0636. The molecule has 1 amide bonds. The molecule has 0 unspecified atom stereocenters. The number of hydrogen-bond donors (Lipinski definition) is 1. The van der Waals surface area contributed by atoms with Crippen molar-refractivity contribution in [1.82, 2.24) is 4.57 Å². The fourth-order valence-electron chi connectivity index (χ4n) is 3.81. The molecule has 33 heavy (non-hydrogen) atoms. The second kappa shape index (κ2) is 8.64. The Morgan fingerprint density at radius 2 is 1.73 bits per heavy atom. The number of fused-ring (bicyclic) bond motifs is 1.